The average molecular weight is 323 g/mol. The third-order valence-corrected chi connectivity index (χ3v) is 3.46. The van der Waals surface area contributed by atoms with E-state index in [4.69, 9.17) is 27.9 Å². The van der Waals surface area contributed by atoms with E-state index in [0.29, 0.717) is 5.75 Å². The van der Waals surface area contributed by atoms with Crippen LogP contribution in [0.5, 0.6) is 11.5 Å². The quantitative estimate of drug-likeness (QED) is 0.755. The molecule has 0 saturated carbocycles. The van der Waals surface area contributed by atoms with E-state index in [1.165, 1.54) is 18.2 Å². The van der Waals surface area contributed by atoms with Crippen molar-refractivity contribution in [3.63, 3.8) is 0 Å². The molecular weight excluding hydrogens is 311 g/mol. The Hall–Kier alpha value is -1.84. The van der Waals surface area contributed by atoms with Crippen molar-refractivity contribution in [1.82, 2.24) is 0 Å². The summed E-state index contributed by atoms with van der Waals surface area (Å²) in [7, 11) is 0. The minimum absolute atomic E-state index is 0.181. The highest BCUT2D eigenvalue weighted by Gasteiger charge is 2.16. The Morgan fingerprint density at radius 1 is 0.952 bits per heavy atom. The Morgan fingerprint density at radius 2 is 1.57 bits per heavy atom. The van der Waals surface area contributed by atoms with Gasteiger partial charge in [0.1, 0.15) is 11.5 Å². The fraction of sp³-hybridized carbons (Fsp3) is 0.125. The van der Waals surface area contributed by atoms with Crippen molar-refractivity contribution in [3.05, 3.63) is 58.7 Å². The summed E-state index contributed by atoms with van der Waals surface area (Å²) < 4.78 is 5.81. The number of ether oxygens (including phenoxy) is 1. The fourth-order valence-electron chi connectivity index (χ4n) is 1.96. The van der Waals surface area contributed by atoms with E-state index >= 15 is 0 Å². The molecule has 3 nitrogen and oxygen atoms in total. The average Bonchev–Trinajstić information content (AvgIpc) is 2.42. The van der Waals surface area contributed by atoms with Gasteiger partial charge in [-0.15, -0.1) is 0 Å². The molecule has 0 radical (unpaired) electrons. The smallest absolute Gasteiger partial charge is 0.256 e. The molecule has 0 heterocycles. The normalized spacial score (nSPS) is 10.3. The first kappa shape index (κ1) is 15.5. The first-order valence-electron chi connectivity index (χ1n) is 6.18. The first-order chi connectivity index (χ1) is 9.90. The van der Waals surface area contributed by atoms with Gasteiger partial charge in [-0.2, -0.15) is 0 Å². The number of hydrogen-bond donors (Lipinski definition) is 0. The van der Waals surface area contributed by atoms with Gasteiger partial charge in [-0.05, 0) is 66.4 Å². The molecule has 0 aliphatic heterocycles. The molecular formula is C16H12Cl2O3. The molecule has 0 N–H and O–H groups in total. The standard InChI is InChI=1S/C16H12Cl2O3/c1-9-4-3-5-10(2)14(9)21-13-8-11(15(17)19)6-7-12(13)16(18)20/h3-8H,1-2H3. The van der Waals surface area contributed by atoms with Crippen LogP contribution in [0.1, 0.15) is 31.8 Å². The van der Waals surface area contributed by atoms with Crippen molar-refractivity contribution in [2.24, 2.45) is 0 Å². The lowest BCUT2D eigenvalue weighted by atomic mass is 10.1. The van der Waals surface area contributed by atoms with Gasteiger partial charge in [0.15, 0.2) is 0 Å². The Morgan fingerprint density at radius 3 is 2.10 bits per heavy atom. The second-order valence-corrected chi connectivity index (χ2v) is 5.27. The minimum atomic E-state index is -0.662. The maximum atomic E-state index is 11.5. The molecule has 0 fully saturated rings. The van der Waals surface area contributed by atoms with E-state index in [1.54, 1.807) is 0 Å². The van der Waals surface area contributed by atoms with Gasteiger partial charge in [0.25, 0.3) is 10.5 Å². The number of carbonyl (C=O) groups is 2. The van der Waals surface area contributed by atoms with Gasteiger partial charge in [-0.3, -0.25) is 9.59 Å². The fourth-order valence-corrected chi connectivity index (χ4v) is 2.24. The van der Waals surface area contributed by atoms with Crippen LogP contribution in [-0.4, -0.2) is 10.5 Å². The van der Waals surface area contributed by atoms with Crippen LogP contribution in [0, 0.1) is 13.8 Å². The van der Waals surface area contributed by atoms with Gasteiger partial charge in [0, 0.05) is 5.56 Å². The number of para-hydroxylation sites is 1. The molecule has 0 atom stereocenters. The van der Waals surface area contributed by atoms with Crippen LogP contribution in [-0.2, 0) is 0 Å². The number of halogens is 2. The number of hydrogen-bond acceptors (Lipinski definition) is 3. The predicted octanol–water partition coefficient (Wildman–Crippen LogP) is 4.85. The molecule has 5 heteroatoms. The van der Waals surface area contributed by atoms with Gasteiger partial charge in [0.2, 0.25) is 0 Å². The molecule has 0 bridgehead atoms. The zero-order chi connectivity index (χ0) is 15.6. The summed E-state index contributed by atoms with van der Waals surface area (Å²) in [5.41, 5.74) is 2.23. The van der Waals surface area contributed by atoms with Crippen molar-refractivity contribution in [2.75, 3.05) is 0 Å². The minimum Gasteiger partial charge on any atom is -0.456 e. The molecule has 2 aromatic rings. The summed E-state index contributed by atoms with van der Waals surface area (Å²) in [6.07, 6.45) is 0. The first-order valence-corrected chi connectivity index (χ1v) is 6.93. The van der Waals surface area contributed by atoms with Crippen molar-refractivity contribution in [2.45, 2.75) is 13.8 Å². The Balaban J connectivity index is 2.53. The van der Waals surface area contributed by atoms with Gasteiger partial charge < -0.3 is 4.74 Å². The van der Waals surface area contributed by atoms with Crippen molar-refractivity contribution in [3.8, 4) is 11.5 Å². The molecule has 2 aromatic carbocycles. The lowest BCUT2D eigenvalue weighted by Crippen LogP contribution is -2.00. The molecule has 108 valence electrons. The van der Waals surface area contributed by atoms with Crippen LogP contribution in [0.15, 0.2) is 36.4 Å². The lowest BCUT2D eigenvalue weighted by Gasteiger charge is -2.14. The largest absolute Gasteiger partial charge is 0.456 e. The van der Waals surface area contributed by atoms with Gasteiger partial charge in [0.05, 0.1) is 5.56 Å². The van der Waals surface area contributed by atoms with Crippen LogP contribution < -0.4 is 4.74 Å². The number of carbonyl (C=O) groups excluding carboxylic acids is 2. The number of aryl methyl sites for hydroxylation is 2. The van der Waals surface area contributed by atoms with Crippen molar-refractivity contribution in [1.29, 1.82) is 0 Å². The molecule has 0 aliphatic rings. The molecule has 21 heavy (non-hydrogen) atoms. The van der Waals surface area contributed by atoms with Crippen LogP contribution >= 0.6 is 23.2 Å². The highest BCUT2D eigenvalue weighted by Crippen LogP contribution is 2.32. The maximum absolute atomic E-state index is 11.5. The molecule has 0 aliphatic carbocycles. The second-order valence-electron chi connectivity index (χ2n) is 4.58. The van der Waals surface area contributed by atoms with Crippen molar-refractivity contribution < 1.29 is 14.3 Å². The summed E-state index contributed by atoms with van der Waals surface area (Å²) in [6.45, 7) is 3.78. The predicted molar refractivity (Wildman–Crippen MR) is 82.8 cm³/mol. The summed E-state index contributed by atoms with van der Waals surface area (Å²) in [5.74, 6) is 0.828. The number of benzene rings is 2. The topological polar surface area (TPSA) is 43.4 Å². The van der Waals surface area contributed by atoms with E-state index in [1.807, 2.05) is 32.0 Å². The molecule has 0 aromatic heterocycles. The van der Waals surface area contributed by atoms with E-state index in [0.717, 1.165) is 11.1 Å². The maximum Gasteiger partial charge on any atom is 0.256 e. The van der Waals surface area contributed by atoms with Crippen LogP contribution in [0.3, 0.4) is 0 Å². The Bertz CT molecular complexity index is 703. The molecule has 0 saturated heterocycles. The Kier molecular flexibility index (Phi) is 4.66. The van der Waals surface area contributed by atoms with E-state index in [9.17, 15) is 9.59 Å². The van der Waals surface area contributed by atoms with Gasteiger partial charge in [-0.25, -0.2) is 0 Å². The third kappa shape index (κ3) is 3.43. The van der Waals surface area contributed by atoms with Gasteiger partial charge in [-0.1, -0.05) is 18.2 Å². The summed E-state index contributed by atoms with van der Waals surface area (Å²) in [4.78, 5) is 22.7. The highest BCUT2D eigenvalue weighted by atomic mass is 35.5. The summed E-state index contributed by atoms with van der Waals surface area (Å²) in [5, 5.41) is -1.29. The van der Waals surface area contributed by atoms with Crippen LogP contribution in [0.2, 0.25) is 0 Å². The second kappa shape index (κ2) is 6.29. The lowest BCUT2D eigenvalue weighted by molar-refractivity contribution is 0.106. The summed E-state index contributed by atoms with van der Waals surface area (Å²) >= 11 is 11.0. The summed E-state index contributed by atoms with van der Waals surface area (Å²) in [6, 6.07) is 9.96. The van der Waals surface area contributed by atoms with E-state index < -0.39 is 10.5 Å². The van der Waals surface area contributed by atoms with Crippen LogP contribution in [0.4, 0.5) is 0 Å². The molecule has 2 rings (SSSR count). The van der Waals surface area contributed by atoms with Gasteiger partial charge >= 0.3 is 0 Å². The zero-order valence-corrected chi connectivity index (χ0v) is 13.0. The van der Waals surface area contributed by atoms with Crippen LogP contribution in [0.25, 0.3) is 0 Å². The third-order valence-electron chi connectivity index (χ3n) is 3.04. The molecule has 0 spiro atoms. The Labute approximate surface area is 132 Å². The van der Waals surface area contributed by atoms with E-state index in [2.05, 4.69) is 0 Å². The monoisotopic (exact) mass is 322 g/mol. The SMILES string of the molecule is Cc1cccc(C)c1Oc1cc(C(=O)Cl)ccc1C(=O)Cl. The number of rotatable bonds is 4. The molecule has 0 amide bonds. The van der Waals surface area contributed by atoms with Crippen molar-refractivity contribution >= 4 is 33.7 Å². The zero-order valence-electron chi connectivity index (χ0n) is 11.4. The highest BCUT2D eigenvalue weighted by molar-refractivity contribution is 6.68. The molecule has 0 unspecified atom stereocenters. The van der Waals surface area contributed by atoms with E-state index in [-0.39, 0.29) is 16.9 Å².